The van der Waals surface area contributed by atoms with Gasteiger partial charge in [0.05, 0.1) is 10.8 Å². The lowest BCUT2D eigenvalue weighted by molar-refractivity contribution is 0.588. The average molecular weight is 912 g/mol. The van der Waals surface area contributed by atoms with Gasteiger partial charge in [0.15, 0.2) is 0 Å². The molecule has 0 bridgehead atoms. The molecule has 1 heteroatoms. The van der Waals surface area contributed by atoms with E-state index in [1.807, 2.05) is 0 Å². The Balaban J connectivity index is 1.09. The highest BCUT2D eigenvalue weighted by molar-refractivity contribution is 5.97. The second-order valence-corrected chi connectivity index (χ2v) is 22.1. The maximum atomic E-state index is 2.54. The minimum atomic E-state index is -0.567. The number of rotatable bonds is 6. The van der Waals surface area contributed by atoms with Crippen molar-refractivity contribution in [2.75, 3.05) is 4.90 Å². The molecule has 0 saturated heterocycles. The van der Waals surface area contributed by atoms with Crippen molar-refractivity contribution in [3.05, 3.63) is 292 Å². The summed E-state index contributed by atoms with van der Waals surface area (Å²) in [6, 6.07) is 90.0. The molecule has 1 spiro atoms. The zero-order valence-electron chi connectivity index (χ0n) is 41.5. The first kappa shape index (κ1) is 43.1. The molecule has 342 valence electrons. The first-order valence-electron chi connectivity index (χ1n) is 25.3. The van der Waals surface area contributed by atoms with E-state index in [1.54, 1.807) is 0 Å². The molecule has 10 aromatic carbocycles. The summed E-state index contributed by atoms with van der Waals surface area (Å²) in [7, 11) is 0. The van der Waals surface area contributed by atoms with Crippen molar-refractivity contribution < 1.29 is 0 Å². The lowest BCUT2D eigenvalue weighted by atomic mass is 9.67. The van der Waals surface area contributed by atoms with Gasteiger partial charge in [0.1, 0.15) is 0 Å². The molecule has 13 rings (SSSR count). The maximum Gasteiger partial charge on any atom is 0.0726 e. The highest BCUT2D eigenvalue weighted by Gasteiger charge is 2.52. The van der Waals surface area contributed by atoms with Gasteiger partial charge in [0, 0.05) is 17.1 Å². The number of hydrogen-bond acceptors (Lipinski definition) is 1. The van der Waals surface area contributed by atoms with Crippen molar-refractivity contribution in [3.63, 3.8) is 0 Å². The number of hydrogen-bond donors (Lipinski definition) is 0. The van der Waals surface area contributed by atoms with Gasteiger partial charge in [-0.05, 0) is 147 Å². The van der Waals surface area contributed by atoms with E-state index in [0.29, 0.717) is 0 Å². The minimum absolute atomic E-state index is 0.0226. The van der Waals surface area contributed by atoms with Crippen LogP contribution in [0.25, 0.3) is 44.5 Å². The fourth-order valence-corrected chi connectivity index (χ4v) is 12.7. The Morgan fingerprint density at radius 2 is 0.662 bits per heavy atom. The summed E-state index contributed by atoms with van der Waals surface area (Å²) in [5.41, 5.74) is 25.6. The van der Waals surface area contributed by atoms with Crippen molar-refractivity contribution in [1.29, 1.82) is 0 Å². The molecule has 0 heterocycles. The Morgan fingerprint density at radius 3 is 1.21 bits per heavy atom. The van der Waals surface area contributed by atoms with Gasteiger partial charge in [-0.15, -0.1) is 0 Å². The zero-order chi connectivity index (χ0) is 48.3. The molecule has 0 radical (unpaired) electrons. The van der Waals surface area contributed by atoms with E-state index in [0.717, 1.165) is 17.1 Å². The Bertz CT molecular complexity index is 3700. The standard InChI is InChI=1S/C70H57N/c1-67(2,3)48-32-34-50(35-33-48)69(49-23-11-8-12-24-49)61-29-16-13-26-55(61)59-40-37-53(44-65(59)69)71(52-25-19-22-47(42-52)46-20-9-7-10-21-46)54-38-41-60-57-28-15-18-31-63(57)70(66(60)45-54)62-30-17-14-27-56(62)58-39-36-51(43-64(58)70)68(4,5)6/h7-45H,1-6H3. The third kappa shape index (κ3) is 6.32. The van der Waals surface area contributed by atoms with E-state index in [2.05, 4.69) is 283 Å². The van der Waals surface area contributed by atoms with E-state index in [-0.39, 0.29) is 10.8 Å². The van der Waals surface area contributed by atoms with E-state index in [1.165, 1.54) is 100 Å². The van der Waals surface area contributed by atoms with Gasteiger partial charge in [-0.1, -0.05) is 242 Å². The van der Waals surface area contributed by atoms with E-state index in [9.17, 15) is 0 Å². The average Bonchev–Trinajstić information content (AvgIpc) is 3.98. The highest BCUT2D eigenvalue weighted by atomic mass is 15.1. The molecule has 0 fully saturated rings. The largest absolute Gasteiger partial charge is 0.310 e. The van der Waals surface area contributed by atoms with Crippen molar-refractivity contribution in [3.8, 4) is 44.5 Å². The monoisotopic (exact) mass is 911 g/mol. The summed E-state index contributed by atoms with van der Waals surface area (Å²) in [6.07, 6.45) is 0. The van der Waals surface area contributed by atoms with Crippen LogP contribution < -0.4 is 4.90 Å². The molecular weight excluding hydrogens is 855 g/mol. The van der Waals surface area contributed by atoms with E-state index in [4.69, 9.17) is 0 Å². The molecule has 0 saturated carbocycles. The summed E-state index contributed by atoms with van der Waals surface area (Å²) < 4.78 is 0. The molecule has 0 amide bonds. The Morgan fingerprint density at radius 1 is 0.268 bits per heavy atom. The quantitative estimate of drug-likeness (QED) is 0.161. The molecule has 0 N–H and O–H groups in total. The predicted octanol–water partition coefficient (Wildman–Crippen LogP) is 18.1. The first-order chi connectivity index (χ1) is 34.5. The molecule has 0 aromatic heterocycles. The fraction of sp³-hybridized carbons (Fsp3) is 0.143. The molecular formula is C70H57N. The molecule has 1 nitrogen and oxygen atoms in total. The summed E-state index contributed by atoms with van der Waals surface area (Å²) in [4.78, 5) is 2.53. The summed E-state index contributed by atoms with van der Waals surface area (Å²) in [6.45, 7) is 13.9. The smallest absolute Gasteiger partial charge is 0.0726 e. The molecule has 0 aliphatic heterocycles. The van der Waals surface area contributed by atoms with Crippen LogP contribution in [0.5, 0.6) is 0 Å². The molecule has 71 heavy (non-hydrogen) atoms. The Labute approximate surface area is 419 Å². The van der Waals surface area contributed by atoms with Gasteiger partial charge in [0.25, 0.3) is 0 Å². The number of nitrogens with zero attached hydrogens (tertiary/aromatic N) is 1. The lowest BCUT2D eigenvalue weighted by Gasteiger charge is -2.35. The third-order valence-electron chi connectivity index (χ3n) is 16.1. The van der Waals surface area contributed by atoms with Crippen LogP contribution in [0.4, 0.5) is 17.1 Å². The van der Waals surface area contributed by atoms with Gasteiger partial charge in [0.2, 0.25) is 0 Å². The van der Waals surface area contributed by atoms with Crippen LogP contribution in [0.15, 0.2) is 237 Å². The van der Waals surface area contributed by atoms with Crippen LogP contribution in [0.3, 0.4) is 0 Å². The highest BCUT2D eigenvalue weighted by Crippen LogP contribution is 2.64. The van der Waals surface area contributed by atoms with Crippen molar-refractivity contribution in [2.45, 2.75) is 63.2 Å². The molecule has 3 aliphatic carbocycles. The van der Waals surface area contributed by atoms with Crippen molar-refractivity contribution >= 4 is 17.1 Å². The van der Waals surface area contributed by atoms with E-state index < -0.39 is 10.8 Å². The SMILES string of the molecule is CC(C)(C)c1ccc(C2(c3ccccc3)c3ccccc3-c3ccc(N(c4cccc(-c5ccccc5)c4)c4ccc5c(c4)C4(c6ccccc6-5)c5ccccc5-c5ccc(C(C)(C)C)cc54)cc32)cc1. The summed E-state index contributed by atoms with van der Waals surface area (Å²) in [5, 5.41) is 0. The van der Waals surface area contributed by atoms with Crippen molar-refractivity contribution in [2.24, 2.45) is 0 Å². The first-order valence-corrected chi connectivity index (χ1v) is 25.3. The fourth-order valence-electron chi connectivity index (χ4n) is 12.7. The van der Waals surface area contributed by atoms with Crippen LogP contribution in [0.1, 0.15) is 97.2 Å². The minimum Gasteiger partial charge on any atom is -0.310 e. The number of anilines is 3. The zero-order valence-corrected chi connectivity index (χ0v) is 41.5. The van der Waals surface area contributed by atoms with Gasteiger partial charge in [-0.25, -0.2) is 0 Å². The van der Waals surface area contributed by atoms with Crippen LogP contribution >= 0.6 is 0 Å². The molecule has 2 unspecified atom stereocenters. The van der Waals surface area contributed by atoms with Gasteiger partial charge in [-0.2, -0.15) is 0 Å². The normalized spacial score (nSPS) is 17.0. The second-order valence-electron chi connectivity index (χ2n) is 22.1. The third-order valence-corrected chi connectivity index (χ3v) is 16.1. The lowest BCUT2D eigenvalue weighted by Crippen LogP contribution is -2.29. The Hall–Kier alpha value is -8.00. The molecule has 10 aromatic rings. The van der Waals surface area contributed by atoms with Crippen LogP contribution in [-0.4, -0.2) is 0 Å². The van der Waals surface area contributed by atoms with Crippen LogP contribution in [0.2, 0.25) is 0 Å². The van der Waals surface area contributed by atoms with Crippen molar-refractivity contribution in [1.82, 2.24) is 0 Å². The van der Waals surface area contributed by atoms with E-state index >= 15 is 0 Å². The topological polar surface area (TPSA) is 3.24 Å². The Kier molecular flexibility index (Phi) is 9.55. The number of fused-ring (bicyclic) bond motifs is 13. The number of benzene rings is 10. The van der Waals surface area contributed by atoms with Gasteiger partial charge >= 0.3 is 0 Å². The van der Waals surface area contributed by atoms with Gasteiger partial charge in [-0.3, -0.25) is 0 Å². The summed E-state index contributed by atoms with van der Waals surface area (Å²) >= 11 is 0. The maximum absolute atomic E-state index is 2.54. The molecule has 2 atom stereocenters. The predicted molar refractivity (Wildman–Crippen MR) is 298 cm³/mol. The molecule has 3 aliphatic rings. The second kappa shape index (κ2) is 15.8. The van der Waals surface area contributed by atoms with Gasteiger partial charge < -0.3 is 4.90 Å². The summed E-state index contributed by atoms with van der Waals surface area (Å²) in [5.74, 6) is 0. The van der Waals surface area contributed by atoms with Crippen LogP contribution in [-0.2, 0) is 21.7 Å². The van der Waals surface area contributed by atoms with Crippen LogP contribution in [0, 0.1) is 0 Å².